The normalized spacial score (nSPS) is 15.8. The molecule has 0 unspecified atom stereocenters. The van der Waals surface area contributed by atoms with Gasteiger partial charge in [-0.1, -0.05) is 29.8 Å². The van der Waals surface area contributed by atoms with E-state index >= 15 is 0 Å². The maximum atomic E-state index is 6.09. The first-order valence-electron chi connectivity index (χ1n) is 5.54. The Bertz CT molecular complexity index is 314. The van der Waals surface area contributed by atoms with E-state index in [2.05, 4.69) is 16.7 Å². The van der Waals surface area contributed by atoms with Crippen LogP contribution >= 0.6 is 36.4 Å². The summed E-state index contributed by atoms with van der Waals surface area (Å²) in [5, 5.41) is 7.77. The average Bonchev–Trinajstić information content (AvgIpc) is 2.29. The molecule has 2 rings (SSSR count). The molecule has 17 heavy (non-hydrogen) atoms. The van der Waals surface area contributed by atoms with Gasteiger partial charge in [0.25, 0.3) is 0 Å². The molecular weight excluding hydrogens is 279 g/mol. The van der Waals surface area contributed by atoms with Crippen molar-refractivity contribution in [3.63, 3.8) is 0 Å². The van der Waals surface area contributed by atoms with Crippen LogP contribution in [-0.4, -0.2) is 19.1 Å². The summed E-state index contributed by atoms with van der Waals surface area (Å²) < 4.78 is 0. The Morgan fingerprint density at radius 2 is 1.82 bits per heavy atom. The fourth-order valence-corrected chi connectivity index (χ4v) is 2.12. The molecule has 2 N–H and O–H groups in total. The number of piperidine rings is 1. The van der Waals surface area contributed by atoms with Crippen LogP contribution in [0.15, 0.2) is 24.3 Å². The van der Waals surface area contributed by atoms with Crippen molar-refractivity contribution >= 4 is 36.4 Å². The minimum Gasteiger partial charge on any atom is -0.317 e. The van der Waals surface area contributed by atoms with E-state index in [-0.39, 0.29) is 24.8 Å². The largest absolute Gasteiger partial charge is 0.317 e. The van der Waals surface area contributed by atoms with Gasteiger partial charge in [-0.2, -0.15) is 0 Å². The van der Waals surface area contributed by atoms with E-state index < -0.39 is 0 Å². The van der Waals surface area contributed by atoms with Gasteiger partial charge in [-0.15, -0.1) is 24.8 Å². The smallest absolute Gasteiger partial charge is 0.0450 e. The lowest BCUT2D eigenvalue weighted by Gasteiger charge is -2.23. The third kappa shape index (κ3) is 5.45. The second-order valence-corrected chi connectivity index (χ2v) is 4.40. The highest BCUT2D eigenvalue weighted by Gasteiger charge is 2.12. The van der Waals surface area contributed by atoms with Crippen molar-refractivity contribution in [1.29, 1.82) is 0 Å². The lowest BCUT2D eigenvalue weighted by atomic mass is 10.1. The zero-order valence-corrected chi connectivity index (χ0v) is 12.0. The number of benzene rings is 1. The minimum absolute atomic E-state index is 0. The van der Waals surface area contributed by atoms with Crippen LogP contribution in [0.1, 0.15) is 18.4 Å². The second kappa shape index (κ2) is 9.01. The van der Waals surface area contributed by atoms with Gasteiger partial charge in [0.05, 0.1) is 0 Å². The molecule has 1 aliphatic rings. The first kappa shape index (κ1) is 17.0. The van der Waals surface area contributed by atoms with Crippen LogP contribution in [0.25, 0.3) is 0 Å². The summed E-state index contributed by atoms with van der Waals surface area (Å²) in [6, 6.07) is 8.67. The van der Waals surface area contributed by atoms with Crippen LogP contribution in [0, 0.1) is 0 Å². The summed E-state index contributed by atoms with van der Waals surface area (Å²) in [7, 11) is 0. The SMILES string of the molecule is Cl.Cl.Clc1ccccc1CNC1CCNCC1. The molecule has 1 aromatic rings. The molecule has 2 nitrogen and oxygen atoms in total. The zero-order chi connectivity index (χ0) is 10.5. The highest BCUT2D eigenvalue weighted by atomic mass is 35.5. The van der Waals surface area contributed by atoms with Crippen LogP contribution in [0.2, 0.25) is 5.02 Å². The van der Waals surface area contributed by atoms with Crippen molar-refractivity contribution in [3.05, 3.63) is 34.9 Å². The molecule has 0 aromatic heterocycles. The van der Waals surface area contributed by atoms with Gasteiger partial charge in [-0.3, -0.25) is 0 Å². The fourth-order valence-electron chi connectivity index (χ4n) is 1.92. The predicted octanol–water partition coefficient (Wildman–Crippen LogP) is 3.03. The van der Waals surface area contributed by atoms with Gasteiger partial charge < -0.3 is 10.6 Å². The standard InChI is InChI=1S/C12H17ClN2.2ClH/c13-12-4-2-1-3-10(12)9-15-11-5-7-14-8-6-11;;/h1-4,11,14-15H,5-9H2;2*1H. The Hall–Kier alpha value is 0.01000. The Morgan fingerprint density at radius 1 is 1.18 bits per heavy atom. The van der Waals surface area contributed by atoms with Crippen molar-refractivity contribution in [3.8, 4) is 0 Å². The predicted molar refractivity (Wildman–Crippen MR) is 78.7 cm³/mol. The van der Waals surface area contributed by atoms with E-state index in [9.17, 15) is 0 Å². The summed E-state index contributed by atoms with van der Waals surface area (Å²) >= 11 is 6.09. The Balaban J connectivity index is 0.00000128. The molecule has 1 aliphatic heterocycles. The van der Waals surface area contributed by atoms with E-state index in [0.29, 0.717) is 6.04 Å². The quantitative estimate of drug-likeness (QED) is 0.896. The Labute approximate surface area is 120 Å². The van der Waals surface area contributed by atoms with Crippen molar-refractivity contribution in [2.45, 2.75) is 25.4 Å². The molecule has 0 saturated carbocycles. The third-order valence-corrected chi connectivity index (χ3v) is 3.25. The van der Waals surface area contributed by atoms with E-state index in [4.69, 9.17) is 11.6 Å². The number of hydrogen-bond donors (Lipinski definition) is 2. The average molecular weight is 298 g/mol. The molecule has 1 heterocycles. The van der Waals surface area contributed by atoms with Gasteiger partial charge in [0.2, 0.25) is 0 Å². The third-order valence-electron chi connectivity index (χ3n) is 2.88. The first-order valence-corrected chi connectivity index (χ1v) is 5.91. The maximum absolute atomic E-state index is 6.09. The minimum atomic E-state index is 0. The number of hydrogen-bond acceptors (Lipinski definition) is 2. The molecule has 1 aromatic carbocycles. The first-order chi connectivity index (χ1) is 7.36. The molecule has 0 aliphatic carbocycles. The van der Waals surface area contributed by atoms with Gasteiger partial charge in [-0.05, 0) is 37.6 Å². The molecule has 0 spiro atoms. The van der Waals surface area contributed by atoms with Crippen LogP contribution in [0.3, 0.4) is 0 Å². The fraction of sp³-hybridized carbons (Fsp3) is 0.500. The van der Waals surface area contributed by atoms with E-state index in [1.807, 2.05) is 18.2 Å². The molecule has 5 heteroatoms. The zero-order valence-electron chi connectivity index (χ0n) is 9.62. The summed E-state index contributed by atoms with van der Waals surface area (Å²) in [5.74, 6) is 0. The summed E-state index contributed by atoms with van der Waals surface area (Å²) in [6.07, 6.45) is 2.43. The highest BCUT2D eigenvalue weighted by molar-refractivity contribution is 6.31. The molecule has 98 valence electrons. The van der Waals surface area contributed by atoms with Gasteiger partial charge in [0.1, 0.15) is 0 Å². The molecule has 1 saturated heterocycles. The summed E-state index contributed by atoms with van der Waals surface area (Å²) in [5.41, 5.74) is 1.19. The highest BCUT2D eigenvalue weighted by Crippen LogP contribution is 2.15. The van der Waals surface area contributed by atoms with E-state index in [0.717, 1.165) is 24.7 Å². The van der Waals surface area contributed by atoms with Crippen molar-refractivity contribution in [2.24, 2.45) is 0 Å². The van der Waals surface area contributed by atoms with Gasteiger partial charge in [-0.25, -0.2) is 0 Å². The van der Waals surface area contributed by atoms with E-state index in [1.165, 1.54) is 18.4 Å². The number of nitrogens with one attached hydrogen (secondary N) is 2. The van der Waals surface area contributed by atoms with E-state index in [1.54, 1.807) is 0 Å². The monoisotopic (exact) mass is 296 g/mol. The van der Waals surface area contributed by atoms with Gasteiger partial charge in [0.15, 0.2) is 0 Å². The van der Waals surface area contributed by atoms with Crippen LogP contribution in [0.4, 0.5) is 0 Å². The van der Waals surface area contributed by atoms with Crippen molar-refractivity contribution < 1.29 is 0 Å². The molecular formula is C12H19Cl3N2. The Morgan fingerprint density at radius 3 is 2.47 bits per heavy atom. The molecule has 0 radical (unpaired) electrons. The lowest BCUT2D eigenvalue weighted by molar-refractivity contribution is 0.386. The van der Waals surface area contributed by atoms with Gasteiger partial charge in [0, 0.05) is 17.6 Å². The van der Waals surface area contributed by atoms with Crippen molar-refractivity contribution in [2.75, 3.05) is 13.1 Å². The van der Waals surface area contributed by atoms with Crippen LogP contribution < -0.4 is 10.6 Å². The molecule has 1 fully saturated rings. The summed E-state index contributed by atoms with van der Waals surface area (Å²) in [4.78, 5) is 0. The van der Waals surface area contributed by atoms with Crippen LogP contribution in [0.5, 0.6) is 0 Å². The number of rotatable bonds is 3. The van der Waals surface area contributed by atoms with Gasteiger partial charge >= 0.3 is 0 Å². The Kier molecular flexibility index (Phi) is 9.01. The molecule has 0 amide bonds. The molecule has 0 atom stereocenters. The van der Waals surface area contributed by atoms with Crippen LogP contribution in [-0.2, 0) is 6.54 Å². The topological polar surface area (TPSA) is 24.1 Å². The molecule has 0 bridgehead atoms. The second-order valence-electron chi connectivity index (χ2n) is 4.00. The summed E-state index contributed by atoms with van der Waals surface area (Å²) in [6.45, 7) is 3.13. The maximum Gasteiger partial charge on any atom is 0.0450 e. The lowest BCUT2D eigenvalue weighted by Crippen LogP contribution is -2.39. The number of halogens is 3. The van der Waals surface area contributed by atoms with Crippen molar-refractivity contribution in [1.82, 2.24) is 10.6 Å².